The molecule has 3 rings (SSSR count). The Hall–Kier alpha value is -3.00. The minimum absolute atomic E-state index is 0.00223. The quantitative estimate of drug-likeness (QED) is 0.489. The lowest BCUT2D eigenvalue weighted by molar-refractivity contribution is 0.0944. The third-order valence-corrected chi connectivity index (χ3v) is 5.18. The molecule has 0 spiro atoms. The highest BCUT2D eigenvalue weighted by Gasteiger charge is 2.15. The molecule has 1 N–H and O–H groups in total. The number of aryl methyl sites for hydroxylation is 1. The van der Waals surface area contributed by atoms with Crippen LogP contribution in [0.15, 0.2) is 53.7 Å². The molecule has 0 aliphatic rings. The van der Waals surface area contributed by atoms with Crippen molar-refractivity contribution in [1.29, 1.82) is 0 Å². The molecule has 2 aromatic carbocycles. The predicted molar refractivity (Wildman–Crippen MR) is 105 cm³/mol. The van der Waals surface area contributed by atoms with Crippen molar-refractivity contribution in [3.8, 4) is 0 Å². The van der Waals surface area contributed by atoms with Gasteiger partial charge < -0.3 is 9.88 Å². The van der Waals surface area contributed by atoms with Crippen LogP contribution in [-0.4, -0.2) is 32.2 Å². The highest BCUT2D eigenvalue weighted by Crippen LogP contribution is 2.18. The van der Waals surface area contributed by atoms with Crippen LogP contribution in [0.2, 0.25) is 0 Å². The van der Waals surface area contributed by atoms with Crippen molar-refractivity contribution in [1.82, 2.24) is 20.1 Å². The third-order valence-electron chi connectivity index (χ3n) is 4.16. The van der Waals surface area contributed by atoms with Gasteiger partial charge in [0, 0.05) is 12.6 Å². The van der Waals surface area contributed by atoms with Crippen molar-refractivity contribution in [3.05, 3.63) is 76.9 Å². The van der Waals surface area contributed by atoms with Gasteiger partial charge in [-0.1, -0.05) is 53.7 Å². The summed E-state index contributed by atoms with van der Waals surface area (Å²) in [4.78, 5) is 24.4. The molecule has 8 heteroatoms. The number of Topliss-reactive ketones (excluding diaryl/α,β-unsaturated/α-hetero) is 1. The zero-order chi connectivity index (χ0) is 20.1. The Bertz CT molecular complexity index is 1000. The van der Waals surface area contributed by atoms with Gasteiger partial charge in [0.25, 0.3) is 5.91 Å². The standard InChI is InChI=1S/C20H19FN4O2S/c1-13-7-9-14(10-8-13)17(26)12-28-20-24-23-18(25(20)2)11-22-19(27)15-5-3-4-6-16(15)21/h3-10H,11-12H2,1-2H3,(H,22,27). The Labute approximate surface area is 166 Å². The molecule has 3 aromatic rings. The van der Waals surface area contributed by atoms with E-state index >= 15 is 0 Å². The molecule has 0 fully saturated rings. The van der Waals surface area contributed by atoms with E-state index in [0.29, 0.717) is 16.5 Å². The zero-order valence-corrected chi connectivity index (χ0v) is 16.3. The molecule has 1 amide bonds. The number of nitrogens with zero attached hydrogens (tertiary/aromatic N) is 3. The Morgan fingerprint density at radius 2 is 1.82 bits per heavy atom. The molecule has 1 heterocycles. The fraction of sp³-hybridized carbons (Fsp3) is 0.200. The van der Waals surface area contributed by atoms with E-state index in [-0.39, 0.29) is 23.6 Å². The summed E-state index contributed by atoms with van der Waals surface area (Å²) in [5, 5.41) is 11.3. The summed E-state index contributed by atoms with van der Waals surface area (Å²) >= 11 is 1.28. The second-order valence-electron chi connectivity index (χ2n) is 6.20. The molecular weight excluding hydrogens is 379 g/mol. The average Bonchev–Trinajstić information content (AvgIpc) is 3.04. The fourth-order valence-electron chi connectivity index (χ4n) is 2.48. The average molecular weight is 398 g/mol. The van der Waals surface area contributed by atoms with Crippen LogP contribution < -0.4 is 5.32 Å². The summed E-state index contributed by atoms with van der Waals surface area (Å²) in [6.07, 6.45) is 0. The van der Waals surface area contributed by atoms with Crippen LogP contribution in [0, 0.1) is 12.7 Å². The summed E-state index contributed by atoms with van der Waals surface area (Å²) in [5.74, 6) is -0.359. The van der Waals surface area contributed by atoms with Crippen LogP contribution in [0.1, 0.15) is 32.1 Å². The van der Waals surface area contributed by atoms with E-state index in [0.717, 1.165) is 5.56 Å². The van der Waals surface area contributed by atoms with Gasteiger partial charge in [-0.3, -0.25) is 9.59 Å². The van der Waals surface area contributed by atoms with Gasteiger partial charge in [-0.15, -0.1) is 10.2 Å². The molecule has 0 radical (unpaired) electrons. The SMILES string of the molecule is Cc1ccc(C(=O)CSc2nnc(CNC(=O)c3ccccc3F)n2C)cc1. The molecule has 0 bridgehead atoms. The number of amides is 1. The van der Waals surface area contributed by atoms with Gasteiger partial charge in [0.05, 0.1) is 17.9 Å². The number of benzene rings is 2. The zero-order valence-electron chi connectivity index (χ0n) is 15.5. The fourth-order valence-corrected chi connectivity index (χ4v) is 3.30. The number of hydrogen-bond acceptors (Lipinski definition) is 5. The maximum atomic E-state index is 13.7. The summed E-state index contributed by atoms with van der Waals surface area (Å²) < 4.78 is 15.4. The minimum atomic E-state index is -0.580. The molecule has 1 aromatic heterocycles. The second kappa shape index (κ2) is 8.79. The van der Waals surface area contributed by atoms with Crippen molar-refractivity contribution in [3.63, 3.8) is 0 Å². The topological polar surface area (TPSA) is 76.9 Å². The Balaban J connectivity index is 1.58. The van der Waals surface area contributed by atoms with Gasteiger partial charge >= 0.3 is 0 Å². The first-order chi connectivity index (χ1) is 13.5. The minimum Gasteiger partial charge on any atom is -0.345 e. The van der Waals surface area contributed by atoms with E-state index in [9.17, 15) is 14.0 Å². The molecule has 0 saturated heterocycles. The number of hydrogen-bond donors (Lipinski definition) is 1. The first kappa shape index (κ1) is 19.8. The van der Waals surface area contributed by atoms with Crippen molar-refractivity contribution in [2.24, 2.45) is 7.05 Å². The van der Waals surface area contributed by atoms with Crippen molar-refractivity contribution >= 4 is 23.5 Å². The van der Waals surface area contributed by atoms with Crippen LogP contribution in [0.3, 0.4) is 0 Å². The number of ketones is 1. The van der Waals surface area contributed by atoms with Gasteiger partial charge in [0.15, 0.2) is 16.8 Å². The van der Waals surface area contributed by atoms with Gasteiger partial charge in [-0.2, -0.15) is 0 Å². The smallest absolute Gasteiger partial charge is 0.254 e. The molecule has 28 heavy (non-hydrogen) atoms. The van der Waals surface area contributed by atoms with Crippen LogP contribution in [0.4, 0.5) is 4.39 Å². The molecule has 0 unspecified atom stereocenters. The van der Waals surface area contributed by atoms with Crippen LogP contribution in [0.5, 0.6) is 0 Å². The maximum Gasteiger partial charge on any atom is 0.254 e. The first-order valence-corrected chi connectivity index (χ1v) is 9.58. The monoisotopic (exact) mass is 398 g/mol. The van der Waals surface area contributed by atoms with Crippen LogP contribution in [-0.2, 0) is 13.6 Å². The highest BCUT2D eigenvalue weighted by atomic mass is 32.2. The number of thioether (sulfide) groups is 1. The van der Waals surface area contributed by atoms with E-state index < -0.39 is 11.7 Å². The first-order valence-electron chi connectivity index (χ1n) is 8.59. The van der Waals surface area contributed by atoms with Gasteiger partial charge in [-0.05, 0) is 19.1 Å². The van der Waals surface area contributed by atoms with Gasteiger partial charge in [0.1, 0.15) is 5.82 Å². The van der Waals surface area contributed by atoms with E-state index in [2.05, 4.69) is 15.5 Å². The number of nitrogens with one attached hydrogen (secondary N) is 1. The third kappa shape index (κ3) is 4.64. The summed E-state index contributed by atoms with van der Waals surface area (Å²) in [5.41, 5.74) is 1.72. The largest absolute Gasteiger partial charge is 0.345 e. The Morgan fingerprint density at radius 3 is 2.54 bits per heavy atom. The Morgan fingerprint density at radius 1 is 1.11 bits per heavy atom. The molecule has 6 nitrogen and oxygen atoms in total. The normalized spacial score (nSPS) is 10.7. The summed E-state index contributed by atoms with van der Waals surface area (Å²) in [6, 6.07) is 13.2. The van der Waals surface area contributed by atoms with Crippen LogP contribution >= 0.6 is 11.8 Å². The Kier molecular flexibility index (Phi) is 6.20. The summed E-state index contributed by atoms with van der Waals surface area (Å²) in [7, 11) is 1.75. The van der Waals surface area contributed by atoms with E-state index in [4.69, 9.17) is 0 Å². The van der Waals surface area contributed by atoms with Crippen molar-refractivity contribution in [2.45, 2.75) is 18.6 Å². The lowest BCUT2D eigenvalue weighted by Crippen LogP contribution is -2.25. The van der Waals surface area contributed by atoms with Gasteiger partial charge in [-0.25, -0.2) is 4.39 Å². The van der Waals surface area contributed by atoms with E-state index in [1.165, 1.54) is 30.0 Å². The highest BCUT2D eigenvalue weighted by molar-refractivity contribution is 7.99. The summed E-state index contributed by atoms with van der Waals surface area (Å²) in [6.45, 7) is 2.07. The lowest BCUT2D eigenvalue weighted by Gasteiger charge is -2.06. The molecule has 0 aliphatic heterocycles. The number of carbonyl (C=O) groups excluding carboxylic acids is 2. The van der Waals surface area contributed by atoms with Gasteiger partial charge in [0.2, 0.25) is 0 Å². The van der Waals surface area contributed by atoms with Crippen molar-refractivity contribution < 1.29 is 14.0 Å². The number of aromatic nitrogens is 3. The number of carbonyl (C=O) groups is 2. The molecular formula is C20H19FN4O2S. The van der Waals surface area contributed by atoms with E-state index in [1.807, 2.05) is 19.1 Å². The molecule has 0 atom stereocenters. The molecule has 0 aliphatic carbocycles. The predicted octanol–water partition coefficient (Wildman–Crippen LogP) is 3.17. The lowest BCUT2D eigenvalue weighted by atomic mass is 10.1. The number of halogens is 1. The molecule has 144 valence electrons. The van der Waals surface area contributed by atoms with Crippen LogP contribution in [0.25, 0.3) is 0 Å². The van der Waals surface area contributed by atoms with E-state index in [1.54, 1.807) is 29.8 Å². The number of rotatable bonds is 7. The maximum absolute atomic E-state index is 13.7. The second-order valence-corrected chi connectivity index (χ2v) is 7.14. The molecule has 0 saturated carbocycles. The van der Waals surface area contributed by atoms with Crippen molar-refractivity contribution in [2.75, 3.05) is 5.75 Å².